The minimum atomic E-state index is -1.03. The van der Waals surface area contributed by atoms with Gasteiger partial charge in [-0.3, -0.25) is 0 Å². The van der Waals surface area contributed by atoms with Crippen LogP contribution in [0, 0.1) is 0 Å². The van der Waals surface area contributed by atoms with Crippen LogP contribution in [0.5, 0.6) is 46.0 Å². The lowest BCUT2D eigenvalue weighted by molar-refractivity contribution is 0.350. The fraction of sp³-hybridized carbons (Fsp3) is 0. The molecule has 10 aromatic rings. The van der Waals surface area contributed by atoms with Crippen molar-refractivity contribution in [3.05, 3.63) is 133 Å². The van der Waals surface area contributed by atoms with E-state index < -0.39 is 46.0 Å². The zero-order valence-corrected chi connectivity index (χ0v) is 29.7. The van der Waals surface area contributed by atoms with Gasteiger partial charge in [-0.2, -0.15) is 0 Å². The molecule has 0 radical (unpaired) electrons. The fourth-order valence-corrected chi connectivity index (χ4v) is 8.17. The van der Waals surface area contributed by atoms with Crippen molar-refractivity contribution in [1.29, 1.82) is 0 Å². The zero-order valence-electron chi connectivity index (χ0n) is 29.7. The maximum Gasteiger partial charge on any atom is 0.204 e. The molecule has 9 heteroatoms. The summed E-state index contributed by atoms with van der Waals surface area (Å²) < 4.78 is 6.31. The number of benzene rings is 9. The van der Waals surface area contributed by atoms with Crippen molar-refractivity contribution in [2.24, 2.45) is 0 Å². The molecular weight excluding hydrogens is 721 g/mol. The van der Waals surface area contributed by atoms with Gasteiger partial charge in [-0.1, -0.05) is 115 Å². The summed E-state index contributed by atoms with van der Waals surface area (Å²) in [5, 5.41) is 92.9. The number of rotatable bonds is 4. The Kier molecular flexibility index (Phi) is 7.20. The van der Waals surface area contributed by atoms with Crippen molar-refractivity contribution in [3.8, 4) is 90.5 Å². The topological polar surface area (TPSA) is 175 Å². The van der Waals surface area contributed by atoms with Crippen LogP contribution in [0.3, 0.4) is 0 Å². The molecule has 9 aromatic carbocycles. The molecule has 0 spiro atoms. The standard InChI is InChI=1S/C48H30O9/c49-40-36-34(28-16-14-26(15-17-28)25-12-10-24(11-13-25)23-6-2-1-3-7-23)37-39(43(52)47(56)45(54)41(37)50)35(38(36)42(51)46(55)44(40)53)29-19-21-33-32(22-29)31-20-18-27-8-4-5-9-30(27)48(31)57-33/h1-22,49-56H. The molecule has 0 aliphatic rings. The second kappa shape index (κ2) is 12.2. The van der Waals surface area contributed by atoms with E-state index in [1.807, 2.05) is 91.0 Å². The Morgan fingerprint density at radius 3 is 1.25 bits per heavy atom. The third-order valence-electron chi connectivity index (χ3n) is 10.9. The van der Waals surface area contributed by atoms with E-state index in [0.29, 0.717) is 27.7 Å². The molecule has 1 heterocycles. The predicted octanol–water partition coefficient (Wildman–Crippen LogP) is 11.4. The van der Waals surface area contributed by atoms with E-state index in [2.05, 4.69) is 0 Å². The molecule has 0 aliphatic carbocycles. The zero-order chi connectivity index (χ0) is 39.3. The van der Waals surface area contributed by atoms with Gasteiger partial charge in [-0.25, -0.2) is 0 Å². The summed E-state index contributed by atoms with van der Waals surface area (Å²) >= 11 is 0. The van der Waals surface area contributed by atoms with Crippen molar-refractivity contribution in [3.63, 3.8) is 0 Å². The molecule has 0 fully saturated rings. The van der Waals surface area contributed by atoms with Gasteiger partial charge in [0.15, 0.2) is 23.0 Å². The lowest BCUT2D eigenvalue weighted by Crippen LogP contribution is -1.94. The molecule has 0 atom stereocenters. The van der Waals surface area contributed by atoms with Crippen LogP contribution in [0.2, 0.25) is 0 Å². The van der Waals surface area contributed by atoms with Gasteiger partial charge < -0.3 is 45.3 Å². The van der Waals surface area contributed by atoms with E-state index in [9.17, 15) is 40.9 Å². The summed E-state index contributed by atoms with van der Waals surface area (Å²) in [5.74, 6) is -7.50. The Bertz CT molecular complexity index is 3210. The number of phenolic OH excluding ortho intramolecular Hbond substituents is 8. The molecular formula is C48H30O9. The molecule has 0 aliphatic heterocycles. The molecule has 0 unspecified atom stereocenters. The average molecular weight is 751 g/mol. The summed E-state index contributed by atoms with van der Waals surface area (Å²) in [5.41, 5.74) is 5.53. The molecule has 0 saturated heterocycles. The Hall–Kier alpha value is -8.04. The van der Waals surface area contributed by atoms with Gasteiger partial charge in [0, 0.05) is 48.8 Å². The number of furan rings is 1. The molecule has 0 saturated carbocycles. The fourth-order valence-electron chi connectivity index (χ4n) is 8.17. The van der Waals surface area contributed by atoms with Crippen molar-refractivity contribution in [2.45, 2.75) is 0 Å². The van der Waals surface area contributed by atoms with Crippen LogP contribution in [0.15, 0.2) is 138 Å². The summed E-state index contributed by atoms with van der Waals surface area (Å²) in [4.78, 5) is 0. The molecule has 10 rings (SSSR count). The summed E-state index contributed by atoms with van der Waals surface area (Å²) in [6.45, 7) is 0. The van der Waals surface area contributed by atoms with Gasteiger partial charge in [0.1, 0.15) is 11.2 Å². The van der Waals surface area contributed by atoms with E-state index in [0.717, 1.165) is 38.4 Å². The van der Waals surface area contributed by atoms with Crippen LogP contribution in [0.4, 0.5) is 0 Å². The number of phenols is 8. The molecule has 57 heavy (non-hydrogen) atoms. The quantitative estimate of drug-likeness (QED) is 0.0494. The second-order valence-electron chi connectivity index (χ2n) is 14.0. The minimum Gasteiger partial charge on any atom is -0.504 e. The third-order valence-corrected chi connectivity index (χ3v) is 10.9. The summed E-state index contributed by atoms with van der Waals surface area (Å²) in [7, 11) is 0. The van der Waals surface area contributed by atoms with Crippen molar-refractivity contribution >= 4 is 54.3 Å². The Labute approximate surface area is 322 Å². The van der Waals surface area contributed by atoms with Crippen LogP contribution >= 0.6 is 0 Å². The first kappa shape index (κ1) is 33.5. The highest BCUT2D eigenvalue weighted by atomic mass is 16.4. The van der Waals surface area contributed by atoms with Crippen LogP contribution in [0.1, 0.15) is 0 Å². The van der Waals surface area contributed by atoms with E-state index >= 15 is 0 Å². The van der Waals surface area contributed by atoms with E-state index in [-0.39, 0.29) is 32.7 Å². The van der Waals surface area contributed by atoms with Crippen LogP contribution in [-0.2, 0) is 0 Å². The molecule has 0 amide bonds. The van der Waals surface area contributed by atoms with E-state index in [1.165, 1.54) is 0 Å². The minimum absolute atomic E-state index is 0.0257. The highest BCUT2D eigenvalue weighted by molar-refractivity contribution is 6.29. The first-order chi connectivity index (χ1) is 27.6. The van der Waals surface area contributed by atoms with E-state index in [1.54, 1.807) is 42.5 Å². The predicted molar refractivity (Wildman–Crippen MR) is 221 cm³/mol. The molecule has 276 valence electrons. The van der Waals surface area contributed by atoms with Gasteiger partial charge in [-0.05, 0) is 57.0 Å². The number of aromatic hydroxyl groups is 8. The van der Waals surface area contributed by atoms with Gasteiger partial charge >= 0.3 is 0 Å². The largest absolute Gasteiger partial charge is 0.504 e. The van der Waals surface area contributed by atoms with Crippen molar-refractivity contribution in [2.75, 3.05) is 0 Å². The smallest absolute Gasteiger partial charge is 0.204 e. The van der Waals surface area contributed by atoms with Gasteiger partial charge in [-0.15, -0.1) is 0 Å². The Morgan fingerprint density at radius 2 is 0.719 bits per heavy atom. The Morgan fingerprint density at radius 1 is 0.298 bits per heavy atom. The van der Waals surface area contributed by atoms with Crippen LogP contribution in [0.25, 0.3) is 98.8 Å². The Balaban J connectivity index is 1.26. The number of hydrogen-bond acceptors (Lipinski definition) is 9. The normalized spacial score (nSPS) is 11.7. The average Bonchev–Trinajstić information content (AvgIpc) is 3.64. The monoisotopic (exact) mass is 750 g/mol. The number of fused-ring (bicyclic) bond motifs is 7. The molecule has 0 bridgehead atoms. The lowest BCUT2D eigenvalue weighted by Gasteiger charge is -2.22. The first-order valence-electron chi connectivity index (χ1n) is 18.0. The highest BCUT2D eigenvalue weighted by Gasteiger charge is 2.32. The molecule has 1 aromatic heterocycles. The van der Waals surface area contributed by atoms with Gasteiger partial charge in [0.25, 0.3) is 0 Å². The highest BCUT2D eigenvalue weighted by Crippen LogP contribution is 2.62. The third kappa shape index (κ3) is 4.82. The summed E-state index contributed by atoms with van der Waals surface area (Å²) in [6.07, 6.45) is 0. The SMILES string of the molecule is Oc1c(O)c(O)c2c(-c3ccc4oc5c6ccccc6ccc5c4c3)c3c(O)c(O)c(O)c(O)c3c(-c3ccc(-c4ccc(-c5ccccc5)cc4)cc3)c2c1O. The van der Waals surface area contributed by atoms with E-state index in [4.69, 9.17) is 4.42 Å². The van der Waals surface area contributed by atoms with Crippen LogP contribution < -0.4 is 0 Å². The van der Waals surface area contributed by atoms with Crippen molar-refractivity contribution < 1.29 is 45.3 Å². The maximum atomic E-state index is 11.7. The lowest BCUT2D eigenvalue weighted by atomic mass is 9.83. The maximum absolute atomic E-state index is 11.7. The van der Waals surface area contributed by atoms with Crippen LogP contribution in [-0.4, -0.2) is 40.9 Å². The first-order valence-corrected chi connectivity index (χ1v) is 18.0. The number of hydrogen-bond donors (Lipinski definition) is 8. The molecule has 8 N–H and O–H groups in total. The second-order valence-corrected chi connectivity index (χ2v) is 14.0. The molecule has 9 nitrogen and oxygen atoms in total. The van der Waals surface area contributed by atoms with Gasteiger partial charge in [0.2, 0.25) is 23.0 Å². The van der Waals surface area contributed by atoms with Crippen molar-refractivity contribution in [1.82, 2.24) is 0 Å². The van der Waals surface area contributed by atoms with Gasteiger partial charge in [0.05, 0.1) is 0 Å². The summed E-state index contributed by atoms with van der Waals surface area (Å²) in [6, 6.07) is 41.6.